The second-order valence-corrected chi connectivity index (χ2v) is 10.0. The van der Waals surface area contributed by atoms with Crippen LogP contribution in [-0.2, 0) is 23.6 Å². The first kappa shape index (κ1) is 28.0. The normalized spacial score (nSPS) is 15.5. The van der Waals surface area contributed by atoms with Gasteiger partial charge >= 0.3 is 12.1 Å². The number of aromatic nitrogens is 5. The topological polar surface area (TPSA) is 109 Å². The molecule has 1 aliphatic rings. The number of halogens is 5. The average Bonchev–Trinajstić information content (AvgIpc) is 3.58. The van der Waals surface area contributed by atoms with Gasteiger partial charge in [-0.15, -0.1) is 5.10 Å². The summed E-state index contributed by atoms with van der Waals surface area (Å²) in [5.41, 5.74) is 0.702. The first-order chi connectivity index (χ1) is 20.5. The quantitative estimate of drug-likeness (QED) is 0.277. The molecule has 2 N–H and O–H groups in total. The van der Waals surface area contributed by atoms with E-state index in [2.05, 4.69) is 25.5 Å². The number of hydrogen-bond donors (Lipinski definition) is 2. The fourth-order valence-electron chi connectivity index (χ4n) is 5.20. The van der Waals surface area contributed by atoms with Crippen molar-refractivity contribution in [2.45, 2.75) is 31.0 Å². The summed E-state index contributed by atoms with van der Waals surface area (Å²) in [6, 6.07) is 14.7. The van der Waals surface area contributed by atoms with Crippen LogP contribution in [0.1, 0.15) is 33.1 Å². The Hall–Kier alpha value is -5.14. The van der Waals surface area contributed by atoms with Gasteiger partial charge in [-0.2, -0.15) is 22.0 Å². The first-order valence-electron chi connectivity index (χ1n) is 13.0. The van der Waals surface area contributed by atoms with Gasteiger partial charge in [-0.3, -0.25) is 14.7 Å². The Morgan fingerprint density at radius 2 is 1.81 bits per heavy atom. The Balaban J connectivity index is 1.35. The highest BCUT2D eigenvalue weighted by Crippen LogP contribution is 2.46. The number of anilines is 1. The molecule has 0 spiro atoms. The molecule has 0 radical (unpaired) electrons. The van der Waals surface area contributed by atoms with Crippen molar-refractivity contribution < 1.29 is 31.5 Å². The minimum absolute atomic E-state index is 0.0887. The number of aromatic amines is 1. The van der Waals surface area contributed by atoms with Crippen LogP contribution >= 0.6 is 0 Å². The molecule has 6 rings (SSSR count). The van der Waals surface area contributed by atoms with Crippen LogP contribution in [0.15, 0.2) is 73.1 Å². The fourth-order valence-corrected chi connectivity index (χ4v) is 5.20. The van der Waals surface area contributed by atoms with Crippen molar-refractivity contribution in [1.29, 1.82) is 0 Å². The smallest absolute Gasteiger partial charge is 0.337 e. The second kappa shape index (κ2) is 10.3. The Bertz CT molecular complexity index is 1850. The molecule has 1 aliphatic heterocycles. The lowest BCUT2D eigenvalue weighted by atomic mass is 10.1. The lowest BCUT2D eigenvalue weighted by Gasteiger charge is -2.23. The van der Waals surface area contributed by atoms with Crippen LogP contribution in [0.5, 0.6) is 0 Å². The van der Waals surface area contributed by atoms with E-state index in [1.165, 1.54) is 24.2 Å². The van der Waals surface area contributed by atoms with Crippen LogP contribution in [0.4, 0.5) is 27.6 Å². The number of likely N-dealkylation sites (N-methyl/N-ethyl adjacent to an activating group) is 1. The molecule has 220 valence electrons. The van der Waals surface area contributed by atoms with E-state index in [0.29, 0.717) is 34.9 Å². The Morgan fingerprint density at radius 3 is 2.56 bits per heavy atom. The summed E-state index contributed by atoms with van der Waals surface area (Å²) in [5, 5.41) is 9.78. The lowest BCUT2D eigenvalue weighted by Crippen LogP contribution is -2.48. The van der Waals surface area contributed by atoms with E-state index in [0.717, 1.165) is 22.4 Å². The number of carbonyl (C=O) groups excluding carboxylic acids is 2. The predicted octanol–water partition coefficient (Wildman–Crippen LogP) is 4.71. The zero-order valence-electron chi connectivity index (χ0n) is 22.4. The molecular weight excluding hydrogens is 573 g/mol. The SMILES string of the molecule is CN1C(=O)[C@@H](NC(=O)c2n[nH]c(Cc3ccccc3)n2)Cc2cn(-c3ncccc3C(F)(F)C(F)(F)F)c3cccc1c23. The van der Waals surface area contributed by atoms with E-state index >= 15 is 0 Å². The van der Waals surface area contributed by atoms with Gasteiger partial charge in [0.1, 0.15) is 17.7 Å². The maximum atomic E-state index is 14.6. The molecule has 0 bridgehead atoms. The van der Waals surface area contributed by atoms with Gasteiger partial charge in [0.25, 0.3) is 5.91 Å². The lowest BCUT2D eigenvalue weighted by molar-refractivity contribution is -0.289. The Kier molecular flexibility index (Phi) is 6.70. The molecule has 0 saturated carbocycles. The molecule has 14 heteroatoms. The van der Waals surface area contributed by atoms with Crippen LogP contribution in [-0.4, -0.2) is 55.8 Å². The molecule has 0 fully saturated rings. The zero-order chi connectivity index (χ0) is 30.5. The predicted molar refractivity (Wildman–Crippen MR) is 145 cm³/mol. The summed E-state index contributed by atoms with van der Waals surface area (Å²) in [4.78, 5) is 36.0. The largest absolute Gasteiger partial charge is 0.458 e. The maximum Gasteiger partial charge on any atom is 0.458 e. The monoisotopic (exact) mass is 595 g/mol. The number of benzene rings is 2. The summed E-state index contributed by atoms with van der Waals surface area (Å²) < 4.78 is 70.4. The molecule has 2 aromatic carbocycles. The van der Waals surface area contributed by atoms with Gasteiger partial charge in [0, 0.05) is 37.7 Å². The second-order valence-electron chi connectivity index (χ2n) is 10.0. The zero-order valence-corrected chi connectivity index (χ0v) is 22.4. The van der Waals surface area contributed by atoms with Crippen molar-refractivity contribution in [2.24, 2.45) is 0 Å². The number of amides is 2. The van der Waals surface area contributed by atoms with E-state index in [9.17, 15) is 31.5 Å². The number of nitrogens with zero attached hydrogens (tertiary/aromatic N) is 5. The summed E-state index contributed by atoms with van der Waals surface area (Å²) in [6.45, 7) is 0. The third-order valence-electron chi connectivity index (χ3n) is 7.26. The van der Waals surface area contributed by atoms with Crippen molar-refractivity contribution >= 4 is 28.4 Å². The summed E-state index contributed by atoms with van der Waals surface area (Å²) in [7, 11) is 1.48. The minimum atomic E-state index is -5.85. The van der Waals surface area contributed by atoms with Crippen LogP contribution in [0.25, 0.3) is 16.7 Å². The van der Waals surface area contributed by atoms with Gasteiger partial charge in [0.2, 0.25) is 11.7 Å². The maximum absolute atomic E-state index is 14.6. The molecule has 4 heterocycles. The van der Waals surface area contributed by atoms with Crippen LogP contribution in [0.3, 0.4) is 0 Å². The highest BCUT2D eigenvalue weighted by Gasteiger charge is 2.60. The molecule has 0 unspecified atom stereocenters. The number of hydrogen-bond acceptors (Lipinski definition) is 5. The number of nitrogens with one attached hydrogen (secondary N) is 2. The van der Waals surface area contributed by atoms with Gasteiger partial charge in [-0.1, -0.05) is 36.4 Å². The Labute approximate surface area is 240 Å². The molecule has 9 nitrogen and oxygen atoms in total. The molecule has 1 atom stereocenters. The number of rotatable bonds is 6. The number of carbonyl (C=O) groups is 2. The van der Waals surface area contributed by atoms with Crippen molar-refractivity contribution in [1.82, 2.24) is 30.0 Å². The molecule has 0 saturated heterocycles. The van der Waals surface area contributed by atoms with E-state index < -0.39 is 41.3 Å². The van der Waals surface area contributed by atoms with E-state index in [4.69, 9.17) is 0 Å². The van der Waals surface area contributed by atoms with Crippen LogP contribution in [0, 0.1) is 0 Å². The fraction of sp³-hybridized carbons (Fsp3) is 0.207. The third-order valence-corrected chi connectivity index (χ3v) is 7.26. The van der Waals surface area contributed by atoms with E-state index in [1.54, 1.807) is 12.1 Å². The molecular formula is C29H22F5N7O2. The van der Waals surface area contributed by atoms with Gasteiger partial charge < -0.3 is 14.8 Å². The van der Waals surface area contributed by atoms with E-state index in [1.807, 2.05) is 30.3 Å². The summed E-state index contributed by atoms with van der Waals surface area (Å²) >= 11 is 0. The summed E-state index contributed by atoms with van der Waals surface area (Å²) in [6.07, 6.45) is -3.06. The Morgan fingerprint density at radius 1 is 1.05 bits per heavy atom. The van der Waals surface area contributed by atoms with E-state index in [-0.39, 0.29) is 17.8 Å². The van der Waals surface area contributed by atoms with Crippen molar-refractivity contribution in [3.05, 3.63) is 101 Å². The first-order valence-corrected chi connectivity index (χ1v) is 13.0. The molecule has 5 aromatic rings. The summed E-state index contributed by atoms with van der Waals surface area (Å²) in [5.74, 6) is -6.72. The van der Waals surface area contributed by atoms with Gasteiger partial charge in [0.15, 0.2) is 0 Å². The van der Waals surface area contributed by atoms with Crippen LogP contribution in [0.2, 0.25) is 0 Å². The standard InChI is InChI=1S/C29H22F5N7O2/c1-40-20-10-5-11-21-23(20)17(15-41(21)25-18(9-6-12-35-25)28(30,31)29(32,33)34)14-19(27(40)43)36-26(42)24-37-22(38-39-24)13-16-7-3-2-4-8-16/h2-12,15,19H,13-14H2,1H3,(H,36,42)(H,37,38,39)/t19-/m0/s1. The minimum Gasteiger partial charge on any atom is -0.337 e. The van der Waals surface area contributed by atoms with Crippen LogP contribution < -0.4 is 10.2 Å². The number of H-pyrrole nitrogens is 1. The van der Waals surface area contributed by atoms with Crippen molar-refractivity contribution in [2.75, 3.05) is 11.9 Å². The molecule has 43 heavy (non-hydrogen) atoms. The van der Waals surface area contributed by atoms with Gasteiger partial charge in [-0.25, -0.2) is 9.97 Å². The molecule has 2 amide bonds. The highest BCUT2D eigenvalue weighted by molar-refractivity contribution is 6.09. The molecule has 3 aromatic heterocycles. The number of pyridine rings is 1. The molecule has 0 aliphatic carbocycles. The highest BCUT2D eigenvalue weighted by atomic mass is 19.4. The van der Waals surface area contributed by atoms with Gasteiger partial charge in [-0.05, 0) is 35.4 Å². The third kappa shape index (κ3) is 4.87. The number of alkyl halides is 5. The van der Waals surface area contributed by atoms with Crippen molar-refractivity contribution in [3.8, 4) is 5.82 Å². The van der Waals surface area contributed by atoms with Gasteiger partial charge in [0.05, 0.1) is 16.8 Å². The van der Waals surface area contributed by atoms with Crippen molar-refractivity contribution in [3.63, 3.8) is 0 Å². The average molecular weight is 596 g/mol.